The van der Waals surface area contributed by atoms with Crippen LogP contribution in [0.5, 0.6) is 0 Å². The van der Waals surface area contributed by atoms with Gasteiger partial charge in [0.15, 0.2) is 0 Å². The Morgan fingerprint density at radius 1 is 1.33 bits per heavy atom. The minimum atomic E-state index is -0.0559. The van der Waals surface area contributed by atoms with Crippen molar-refractivity contribution >= 4 is 17.7 Å². The molecule has 3 N–H and O–H groups in total. The molecule has 98 valence electrons. The molecular weight excluding hydrogens is 224 g/mol. The molecule has 1 amide bonds. The van der Waals surface area contributed by atoms with Gasteiger partial charge >= 0.3 is 0 Å². The summed E-state index contributed by atoms with van der Waals surface area (Å²) in [6.07, 6.45) is 4.41. The Morgan fingerprint density at radius 3 is 2.50 bits per heavy atom. The molecule has 18 heavy (non-hydrogen) atoms. The predicted molar refractivity (Wildman–Crippen MR) is 76.9 cm³/mol. The zero-order chi connectivity index (χ0) is 13.5. The van der Waals surface area contributed by atoms with Crippen molar-refractivity contribution in [2.24, 2.45) is 5.92 Å². The molecule has 1 rings (SSSR count). The molecule has 3 heteroatoms. The highest BCUT2D eigenvalue weighted by molar-refractivity contribution is 5.91. The Labute approximate surface area is 109 Å². The summed E-state index contributed by atoms with van der Waals surface area (Å²) in [7, 11) is 0. The summed E-state index contributed by atoms with van der Waals surface area (Å²) in [6.45, 7) is 6.29. The molecule has 2 unspecified atom stereocenters. The van der Waals surface area contributed by atoms with Crippen molar-refractivity contribution in [3.8, 4) is 0 Å². The lowest BCUT2D eigenvalue weighted by atomic mass is 10.0. The van der Waals surface area contributed by atoms with Gasteiger partial charge in [0, 0.05) is 17.8 Å². The molecule has 1 aromatic rings. The molecule has 0 fully saturated rings. The van der Waals surface area contributed by atoms with E-state index in [0.717, 1.165) is 17.7 Å². The molecule has 0 aliphatic rings. The lowest BCUT2D eigenvalue weighted by Crippen LogP contribution is -2.35. The Morgan fingerprint density at radius 2 is 1.94 bits per heavy atom. The average Bonchev–Trinajstić information content (AvgIpc) is 2.37. The minimum absolute atomic E-state index is 0.0559. The maximum Gasteiger partial charge on any atom is 0.244 e. The van der Waals surface area contributed by atoms with Gasteiger partial charge in [-0.2, -0.15) is 0 Å². The quantitative estimate of drug-likeness (QED) is 0.620. The fourth-order valence-corrected chi connectivity index (χ4v) is 1.55. The Balaban J connectivity index is 2.52. The topological polar surface area (TPSA) is 55.1 Å². The number of nitrogens with two attached hydrogens (primary N) is 1. The third-order valence-electron chi connectivity index (χ3n) is 3.23. The lowest BCUT2D eigenvalue weighted by Gasteiger charge is -2.18. The Hall–Kier alpha value is -1.77. The van der Waals surface area contributed by atoms with Crippen LogP contribution in [0.2, 0.25) is 0 Å². The van der Waals surface area contributed by atoms with Crippen LogP contribution in [0, 0.1) is 5.92 Å². The highest BCUT2D eigenvalue weighted by Crippen LogP contribution is 2.08. The molecular formula is C15H22N2O. The number of nitrogen functional groups attached to an aromatic ring is 1. The van der Waals surface area contributed by atoms with Crippen LogP contribution in [0.4, 0.5) is 5.69 Å². The smallest absolute Gasteiger partial charge is 0.244 e. The number of hydrogen-bond acceptors (Lipinski definition) is 2. The number of nitrogens with one attached hydrogen (secondary N) is 1. The van der Waals surface area contributed by atoms with Gasteiger partial charge in [-0.3, -0.25) is 4.79 Å². The van der Waals surface area contributed by atoms with Gasteiger partial charge in [0.25, 0.3) is 0 Å². The Kier molecular flexibility index (Phi) is 5.43. The van der Waals surface area contributed by atoms with Crippen molar-refractivity contribution in [1.82, 2.24) is 5.32 Å². The maximum atomic E-state index is 11.7. The SMILES string of the molecule is CCC(C)C(C)NC(=O)/C=C/c1ccc(N)cc1. The first kappa shape index (κ1) is 14.3. The van der Waals surface area contributed by atoms with Crippen LogP contribution in [0.15, 0.2) is 30.3 Å². The van der Waals surface area contributed by atoms with Crippen molar-refractivity contribution in [3.05, 3.63) is 35.9 Å². The van der Waals surface area contributed by atoms with Gasteiger partial charge in [0.2, 0.25) is 5.91 Å². The summed E-state index contributed by atoms with van der Waals surface area (Å²) in [4.78, 5) is 11.7. The summed E-state index contributed by atoms with van der Waals surface area (Å²) >= 11 is 0. The highest BCUT2D eigenvalue weighted by Gasteiger charge is 2.10. The first-order valence-electron chi connectivity index (χ1n) is 6.37. The number of carbonyl (C=O) groups excluding carboxylic acids is 1. The fraction of sp³-hybridized carbons (Fsp3) is 0.400. The second kappa shape index (κ2) is 6.84. The summed E-state index contributed by atoms with van der Waals surface area (Å²) in [6, 6.07) is 7.60. The van der Waals surface area contributed by atoms with Crippen LogP contribution < -0.4 is 11.1 Å². The van der Waals surface area contributed by atoms with Crippen molar-refractivity contribution in [1.29, 1.82) is 0 Å². The van der Waals surface area contributed by atoms with E-state index in [1.54, 1.807) is 12.2 Å². The molecule has 0 saturated heterocycles. The van der Waals surface area contributed by atoms with E-state index < -0.39 is 0 Å². The average molecular weight is 246 g/mol. The molecule has 0 aliphatic heterocycles. The predicted octanol–water partition coefficient (Wildman–Crippen LogP) is 2.83. The van der Waals surface area contributed by atoms with E-state index in [1.165, 1.54) is 0 Å². The lowest BCUT2D eigenvalue weighted by molar-refractivity contribution is -0.117. The normalized spacial score (nSPS) is 14.4. The fourth-order valence-electron chi connectivity index (χ4n) is 1.55. The summed E-state index contributed by atoms with van der Waals surface area (Å²) in [5.74, 6) is 0.429. The number of hydrogen-bond donors (Lipinski definition) is 2. The molecule has 0 aromatic heterocycles. The molecule has 0 heterocycles. The molecule has 2 atom stereocenters. The van der Waals surface area contributed by atoms with Crippen molar-refractivity contribution < 1.29 is 4.79 Å². The van der Waals surface area contributed by atoms with E-state index in [-0.39, 0.29) is 11.9 Å². The molecule has 0 radical (unpaired) electrons. The van der Waals surface area contributed by atoms with Crippen LogP contribution in [0.3, 0.4) is 0 Å². The summed E-state index contributed by atoms with van der Waals surface area (Å²) < 4.78 is 0. The van der Waals surface area contributed by atoms with Crippen LogP contribution in [0.25, 0.3) is 6.08 Å². The van der Waals surface area contributed by atoms with Gasteiger partial charge in [0.1, 0.15) is 0 Å². The zero-order valence-corrected chi connectivity index (χ0v) is 11.3. The Bertz CT molecular complexity index is 409. The first-order chi connectivity index (χ1) is 8.52. The maximum absolute atomic E-state index is 11.7. The van der Waals surface area contributed by atoms with E-state index in [2.05, 4.69) is 19.2 Å². The monoisotopic (exact) mass is 246 g/mol. The molecule has 3 nitrogen and oxygen atoms in total. The van der Waals surface area contributed by atoms with E-state index in [0.29, 0.717) is 5.92 Å². The second-order valence-corrected chi connectivity index (χ2v) is 4.68. The van der Waals surface area contributed by atoms with Gasteiger partial charge in [-0.1, -0.05) is 32.4 Å². The number of anilines is 1. The molecule has 0 saturated carbocycles. The molecule has 0 bridgehead atoms. The van der Waals surface area contributed by atoms with Gasteiger partial charge < -0.3 is 11.1 Å². The van der Waals surface area contributed by atoms with Crippen LogP contribution in [0.1, 0.15) is 32.8 Å². The first-order valence-corrected chi connectivity index (χ1v) is 6.37. The van der Waals surface area contributed by atoms with Gasteiger partial charge in [0.05, 0.1) is 0 Å². The molecule has 1 aromatic carbocycles. The number of amides is 1. The van der Waals surface area contributed by atoms with E-state index in [1.807, 2.05) is 31.2 Å². The number of rotatable bonds is 5. The van der Waals surface area contributed by atoms with Crippen LogP contribution in [-0.2, 0) is 4.79 Å². The highest BCUT2D eigenvalue weighted by atomic mass is 16.1. The standard InChI is InChI=1S/C15H22N2O/c1-4-11(2)12(3)17-15(18)10-7-13-5-8-14(16)9-6-13/h5-12H,4,16H2,1-3H3,(H,17,18)/b10-7+. The van der Waals surface area contributed by atoms with Crippen molar-refractivity contribution in [2.45, 2.75) is 33.2 Å². The van der Waals surface area contributed by atoms with Crippen LogP contribution >= 0.6 is 0 Å². The van der Waals surface area contributed by atoms with E-state index in [9.17, 15) is 4.79 Å². The minimum Gasteiger partial charge on any atom is -0.399 e. The summed E-state index contributed by atoms with van der Waals surface area (Å²) in [5.41, 5.74) is 7.29. The zero-order valence-electron chi connectivity index (χ0n) is 11.3. The largest absolute Gasteiger partial charge is 0.399 e. The third kappa shape index (κ3) is 4.62. The van der Waals surface area contributed by atoms with Gasteiger partial charge in [-0.05, 0) is 36.6 Å². The number of benzene rings is 1. The molecule has 0 spiro atoms. The third-order valence-corrected chi connectivity index (χ3v) is 3.23. The number of carbonyl (C=O) groups is 1. The van der Waals surface area contributed by atoms with Gasteiger partial charge in [-0.25, -0.2) is 0 Å². The summed E-state index contributed by atoms with van der Waals surface area (Å²) in [5, 5.41) is 2.96. The second-order valence-electron chi connectivity index (χ2n) is 4.68. The van der Waals surface area contributed by atoms with Crippen LogP contribution in [-0.4, -0.2) is 11.9 Å². The van der Waals surface area contributed by atoms with E-state index in [4.69, 9.17) is 5.73 Å². The van der Waals surface area contributed by atoms with Crippen molar-refractivity contribution in [3.63, 3.8) is 0 Å². The van der Waals surface area contributed by atoms with Crippen molar-refractivity contribution in [2.75, 3.05) is 5.73 Å². The van der Waals surface area contributed by atoms with Gasteiger partial charge in [-0.15, -0.1) is 0 Å². The molecule has 0 aliphatic carbocycles. The van der Waals surface area contributed by atoms with E-state index >= 15 is 0 Å².